The van der Waals surface area contributed by atoms with Crippen LogP contribution in [-0.2, 0) is 11.2 Å². The van der Waals surface area contributed by atoms with Crippen molar-refractivity contribution < 1.29 is 4.79 Å². The van der Waals surface area contributed by atoms with Gasteiger partial charge < -0.3 is 4.90 Å². The predicted molar refractivity (Wildman–Crippen MR) is 78.1 cm³/mol. The molecule has 0 bridgehead atoms. The van der Waals surface area contributed by atoms with Crippen LogP contribution in [0.25, 0.3) is 0 Å². The van der Waals surface area contributed by atoms with Gasteiger partial charge in [0.25, 0.3) is 0 Å². The zero-order chi connectivity index (χ0) is 14.4. The third-order valence-corrected chi connectivity index (χ3v) is 3.73. The van der Waals surface area contributed by atoms with Crippen LogP contribution in [0, 0.1) is 18.3 Å². The first-order valence-electron chi connectivity index (χ1n) is 7.11. The van der Waals surface area contributed by atoms with Crippen molar-refractivity contribution in [2.45, 2.75) is 19.8 Å². The maximum Gasteiger partial charge on any atom is 0.222 e. The Morgan fingerprint density at radius 2 is 2.05 bits per heavy atom. The summed E-state index contributed by atoms with van der Waals surface area (Å²) in [6.45, 7) is 5.64. The number of piperazine rings is 1. The Balaban J connectivity index is 1.77. The largest absolute Gasteiger partial charge is 0.340 e. The van der Waals surface area contributed by atoms with Crippen molar-refractivity contribution in [3.05, 3.63) is 35.4 Å². The molecule has 0 N–H and O–H groups in total. The maximum absolute atomic E-state index is 12.2. The third-order valence-electron chi connectivity index (χ3n) is 3.73. The summed E-state index contributed by atoms with van der Waals surface area (Å²) in [6.07, 6.45) is 1.38. The van der Waals surface area contributed by atoms with Crippen molar-refractivity contribution in [2.24, 2.45) is 0 Å². The van der Waals surface area contributed by atoms with Crippen molar-refractivity contribution in [3.8, 4) is 6.07 Å². The van der Waals surface area contributed by atoms with Crippen LogP contribution in [0.5, 0.6) is 0 Å². The van der Waals surface area contributed by atoms with Gasteiger partial charge in [0, 0.05) is 32.6 Å². The quantitative estimate of drug-likeness (QED) is 0.781. The highest BCUT2D eigenvalue weighted by molar-refractivity contribution is 5.76. The zero-order valence-corrected chi connectivity index (χ0v) is 12.0. The summed E-state index contributed by atoms with van der Waals surface area (Å²) >= 11 is 0. The van der Waals surface area contributed by atoms with Gasteiger partial charge in [0.1, 0.15) is 0 Å². The van der Waals surface area contributed by atoms with E-state index in [1.165, 1.54) is 11.1 Å². The van der Waals surface area contributed by atoms with Gasteiger partial charge in [-0.25, -0.2) is 0 Å². The molecule has 1 heterocycles. The van der Waals surface area contributed by atoms with Gasteiger partial charge in [-0.1, -0.05) is 29.8 Å². The fourth-order valence-corrected chi connectivity index (χ4v) is 2.53. The molecule has 0 aliphatic carbocycles. The Morgan fingerprint density at radius 1 is 1.30 bits per heavy atom. The van der Waals surface area contributed by atoms with Crippen LogP contribution in [0.2, 0.25) is 0 Å². The van der Waals surface area contributed by atoms with Crippen LogP contribution in [-0.4, -0.2) is 48.4 Å². The molecule has 0 atom stereocenters. The molecule has 0 radical (unpaired) electrons. The number of carbonyl (C=O) groups is 1. The lowest BCUT2D eigenvalue weighted by atomic mass is 10.1. The standard InChI is InChI=1S/C16H21N3O/c1-14-3-2-4-15(13-14)5-6-16(20)19-11-9-18(8-7-17)10-12-19/h2-4,13H,5-6,8-12H2,1H3. The van der Waals surface area contributed by atoms with E-state index in [0.29, 0.717) is 13.0 Å². The molecule has 1 aliphatic heterocycles. The molecule has 2 rings (SSSR count). The molecular formula is C16H21N3O. The molecule has 0 saturated carbocycles. The second-order valence-corrected chi connectivity index (χ2v) is 5.30. The number of nitrogens with zero attached hydrogens (tertiary/aromatic N) is 3. The molecule has 4 heteroatoms. The Hall–Kier alpha value is -1.86. The first-order chi connectivity index (χ1) is 9.69. The Morgan fingerprint density at radius 3 is 2.70 bits per heavy atom. The van der Waals surface area contributed by atoms with E-state index in [9.17, 15) is 4.79 Å². The number of carbonyl (C=O) groups excluding carboxylic acids is 1. The van der Waals surface area contributed by atoms with Crippen LogP contribution in [0.3, 0.4) is 0 Å². The summed E-state index contributed by atoms with van der Waals surface area (Å²) in [7, 11) is 0. The zero-order valence-electron chi connectivity index (χ0n) is 12.0. The minimum Gasteiger partial charge on any atom is -0.340 e. The summed E-state index contributed by atoms with van der Waals surface area (Å²) in [4.78, 5) is 16.2. The lowest BCUT2D eigenvalue weighted by molar-refractivity contribution is -0.132. The highest BCUT2D eigenvalue weighted by atomic mass is 16.2. The first kappa shape index (κ1) is 14.5. The molecule has 20 heavy (non-hydrogen) atoms. The van der Waals surface area contributed by atoms with Crippen molar-refractivity contribution >= 4 is 5.91 Å². The first-order valence-corrected chi connectivity index (χ1v) is 7.11. The predicted octanol–water partition coefficient (Wildman–Crippen LogP) is 1.60. The Kier molecular flexibility index (Phi) is 5.14. The molecule has 106 valence electrons. The number of aryl methyl sites for hydroxylation is 2. The van der Waals surface area contributed by atoms with Crippen LogP contribution in [0.4, 0.5) is 0 Å². The second-order valence-electron chi connectivity index (χ2n) is 5.30. The lowest BCUT2D eigenvalue weighted by Gasteiger charge is -2.33. The maximum atomic E-state index is 12.2. The van der Waals surface area contributed by atoms with Crippen molar-refractivity contribution in [1.82, 2.24) is 9.80 Å². The van der Waals surface area contributed by atoms with Gasteiger partial charge >= 0.3 is 0 Å². The van der Waals surface area contributed by atoms with E-state index in [2.05, 4.69) is 36.1 Å². The summed E-state index contributed by atoms with van der Waals surface area (Å²) in [5, 5.41) is 8.65. The summed E-state index contributed by atoms with van der Waals surface area (Å²) in [5.74, 6) is 0.225. The Bertz CT molecular complexity index is 499. The van der Waals surface area contributed by atoms with Crippen molar-refractivity contribution in [3.63, 3.8) is 0 Å². The van der Waals surface area contributed by atoms with Crippen LogP contribution in [0.1, 0.15) is 17.5 Å². The monoisotopic (exact) mass is 271 g/mol. The average molecular weight is 271 g/mol. The van der Waals surface area contributed by atoms with Crippen molar-refractivity contribution in [1.29, 1.82) is 5.26 Å². The molecule has 1 saturated heterocycles. The molecule has 4 nitrogen and oxygen atoms in total. The molecule has 1 fully saturated rings. The SMILES string of the molecule is Cc1cccc(CCC(=O)N2CCN(CC#N)CC2)c1. The fourth-order valence-electron chi connectivity index (χ4n) is 2.53. The normalized spacial score (nSPS) is 15.9. The summed E-state index contributed by atoms with van der Waals surface area (Å²) in [5.41, 5.74) is 2.46. The molecular weight excluding hydrogens is 250 g/mol. The van der Waals surface area contributed by atoms with E-state index in [0.717, 1.165) is 32.6 Å². The van der Waals surface area contributed by atoms with Gasteiger partial charge in [-0.15, -0.1) is 0 Å². The molecule has 1 amide bonds. The topological polar surface area (TPSA) is 47.3 Å². The molecule has 1 aliphatic rings. The van der Waals surface area contributed by atoms with E-state index in [1.54, 1.807) is 0 Å². The number of amides is 1. The molecule has 0 spiro atoms. The van der Waals surface area contributed by atoms with Gasteiger partial charge in [0.2, 0.25) is 5.91 Å². The van der Waals surface area contributed by atoms with Crippen molar-refractivity contribution in [2.75, 3.05) is 32.7 Å². The summed E-state index contributed by atoms with van der Waals surface area (Å²) in [6, 6.07) is 10.5. The van der Waals surface area contributed by atoms with E-state index in [4.69, 9.17) is 5.26 Å². The molecule has 0 aromatic heterocycles. The number of hydrogen-bond donors (Lipinski definition) is 0. The van der Waals surface area contributed by atoms with Gasteiger partial charge in [-0.2, -0.15) is 5.26 Å². The minimum absolute atomic E-state index is 0.225. The molecule has 1 aromatic rings. The van der Waals surface area contributed by atoms with E-state index in [1.807, 2.05) is 11.0 Å². The minimum atomic E-state index is 0.225. The van der Waals surface area contributed by atoms with Crippen LogP contribution >= 0.6 is 0 Å². The Labute approximate surface area is 120 Å². The number of hydrogen-bond acceptors (Lipinski definition) is 3. The van der Waals surface area contributed by atoms with Gasteiger partial charge in [-0.3, -0.25) is 9.69 Å². The summed E-state index contributed by atoms with van der Waals surface area (Å²) < 4.78 is 0. The number of rotatable bonds is 4. The fraction of sp³-hybridized carbons (Fsp3) is 0.500. The highest BCUT2D eigenvalue weighted by Crippen LogP contribution is 2.09. The van der Waals surface area contributed by atoms with Gasteiger partial charge in [-0.05, 0) is 18.9 Å². The average Bonchev–Trinajstić information content (AvgIpc) is 2.46. The van der Waals surface area contributed by atoms with Crippen LogP contribution < -0.4 is 0 Å². The second kappa shape index (κ2) is 7.06. The third kappa shape index (κ3) is 4.07. The van der Waals surface area contributed by atoms with E-state index in [-0.39, 0.29) is 5.91 Å². The molecule has 0 unspecified atom stereocenters. The van der Waals surface area contributed by atoms with Gasteiger partial charge in [0.15, 0.2) is 0 Å². The molecule has 1 aromatic carbocycles. The highest BCUT2D eigenvalue weighted by Gasteiger charge is 2.20. The van der Waals surface area contributed by atoms with Crippen LogP contribution in [0.15, 0.2) is 24.3 Å². The number of nitriles is 1. The van der Waals surface area contributed by atoms with Gasteiger partial charge in [0.05, 0.1) is 12.6 Å². The smallest absolute Gasteiger partial charge is 0.222 e. The number of benzene rings is 1. The van der Waals surface area contributed by atoms with E-state index < -0.39 is 0 Å². The van der Waals surface area contributed by atoms with E-state index >= 15 is 0 Å². The lowest BCUT2D eigenvalue weighted by Crippen LogP contribution is -2.48.